The third-order valence-electron chi connectivity index (χ3n) is 6.02. The standard InChI is InChI=1S/C21H25.C7H6.C5H5.Zr/c1-20(2,3)16-7-9-18-14(12-16)11-15-13-17(21(4,5)6)8-10-19(15)18;1-7-5-3-2-4-6-7;1-2-4-5-3-1;/h7-10,12H,11H2,1-6H3;1-6H;1-3H,4H2;/q-1;;-1;+2. The van der Waals surface area contributed by atoms with Crippen LogP contribution in [0, 0.1) is 12.1 Å². The van der Waals surface area contributed by atoms with E-state index in [0.717, 1.165) is 12.8 Å². The molecule has 2 aliphatic rings. The van der Waals surface area contributed by atoms with Gasteiger partial charge in [-0.25, -0.2) is 12.2 Å². The molecule has 0 aromatic heterocycles. The summed E-state index contributed by atoms with van der Waals surface area (Å²) >= 11 is 1.46. The van der Waals surface area contributed by atoms with E-state index in [2.05, 4.69) is 118 Å². The fraction of sp³-hybridized carbons (Fsp3) is 0.303. The second kappa shape index (κ2) is 11.5. The van der Waals surface area contributed by atoms with Crippen molar-refractivity contribution in [3.8, 4) is 11.1 Å². The minimum absolute atomic E-state index is 0.167. The summed E-state index contributed by atoms with van der Waals surface area (Å²) in [5.41, 5.74) is 10.0. The van der Waals surface area contributed by atoms with Gasteiger partial charge in [0.1, 0.15) is 0 Å². The molecule has 34 heavy (non-hydrogen) atoms. The van der Waals surface area contributed by atoms with Gasteiger partial charge in [-0.15, -0.1) is 17.5 Å². The molecular formula is C33H36Zr. The molecule has 5 rings (SSSR count). The van der Waals surface area contributed by atoms with Crippen LogP contribution in [-0.2, 0) is 41.5 Å². The van der Waals surface area contributed by atoms with E-state index in [-0.39, 0.29) is 10.8 Å². The summed E-state index contributed by atoms with van der Waals surface area (Å²) in [4.78, 5) is 0. The van der Waals surface area contributed by atoms with Gasteiger partial charge >= 0.3 is 63.8 Å². The molecular weight excluding hydrogens is 488 g/mol. The van der Waals surface area contributed by atoms with Crippen molar-refractivity contribution in [2.75, 3.05) is 0 Å². The topological polar surface area (TPSA) is 0 Å². The Labute approximate surface area is 222 Å². The van der Waals surface area contributed by atoms with Crippen molar-refractivity contribution in [3.05, 3.63) is 119 Å². The normalized spacial score (nSPS) is 13.3. The maximum atomic E-state index is 3.67. The Morgan fingerprint density at radius 2 is 1.53 bits per heavy atom. The molecule has 1 heteroatoms. The van der Waals surface area contributed by atoms with Crippen molar-refractivity contribution in [1.29, 1.82) is 0 Å². The van der Waals surface area contributed by atoms with Crippen LogP contribution in [0.2, 0.25) is 0 Å². The minimum atomic E-state index is 0.167. The van der Waals surface area contributed by atoms with Gasteiger partial charge in [0.25, 0.3) is 0 Å². The molecule has 0 saturated carbocycles. The Bertz CT molecular complexity index is 1090. The number of benzene rings is 3. The average molecular weight is 524 g/mol. The summed E-state index contributed by atoms with van der Waals surface area (Å²) in [7, 11) is 0. The number of fused-ring (bicyclic) bond motifs is 3. The molecule has 0 radical (unpaired) electrons. The molecule has 0 aliphatic heterocycles. The van der Waals surface area contributed by atoms with Crippen molar-refractivity contribution >= 4 is 3.71 Å². The van der Waals surface area contributed by atoms with Crippen LogP contribution >= 0.6 is 0 Å². The zero-order valence-electron chi connectivity index (χ0n) is 21.5. The molecule has 3 aromatic carbocycles. The van der Waals surface area contributed by atoms with Crippen LogP contribution in [0.15, 0.2) is 78.9 Å². The Balaban J connectivity index is 0.000000202. The first-order valence-corrected chi connectivity index (χ1v) is 13.5. The molecule has 0 amide bonds. The summed E-state index contributed by atoms with van der Waals surface area (Å²) in [5, 5.41) is 0. The van der Waals surface area contributed by atoms with Gasteiger partial charge < -0.3 is 0 Å². The van der Waals surface area contributed by atoms with Gasteiger partial charge in [0.05, 0.1) is 0 Å². The molecule has 0 atom stereocenters. The quantitative estimate of drug-likeness (QED) is 0.220. The average Bonchev–Trinajstić information content (AvgIpc) is 3.49. The third kappa shape index (κ3) is 7.20. The molecule has 0 heterocycles. The molecule has 2 aliphatic carbocycles. The van der Waals surface area contributed by atoms with Crippen LogP contribution in [0.3, 0.4) is 0 Å². The summed E-state index contributed by atoms with van der Waals surface area (Å²) in [6.07, 6.45) is 11.0. The Morgan fingerprint density at radius 3 is 2.03 bits per heavy atom. The Morgan fingerprint density at radius 1 is 0.824 bits per heavy atom. The van der Waals surface area contributed by atoms with Crippen LogP contribution in [-0.4, -0.2) is 3.71 Å². The molecule has 0 saturated heterocycles. The SMILES string of the molecule is CC(C)(C)c1[c-]c2c(cc1)-c1ccc(C(C)(C)C)cc1C2.[C-]1=CC=CC1.[Zr+2]=[CH]c1ccccc1. The molecule has 0 N–H and O–H groups in total. The van der Waals surface area contributed by atoms with Crippen LogP contribution in [0.5, 0.6) is 0 Å². The van der Waals surface area contributed by atoms with Gasteiger partial charge in [0.15, 0.2) is 0 Å². The second-order valence-corrected chi connectivity index (χ2v) is 11.6. The molecule has 0 fully saturated rings. The first-order valence-electron chi connectivity index (χ1n) is 12.1. The number of allylic oxidation sites excluding steroid dienone is 4. The fourth-order valence-electron chi connectivity index (χ4n) is 3.92. The molecule has 0 unspecified atom stereocenters. The molecule has 172 valence electrons. The first-order chi connectivity index (χ1) is 16.1. The summed E-state index contributed by atoms with van der Waals surface area (Å²) < 4.78 is 2.17. The van der Waals surface area contributed by atoms with E-state index in [1.54, 1.807) is 0 Å². The van der Waals surface area contributed by atoms with Gasteiger partial charge in [-0.3, -0.25) is 6.08 Å². The van der Waals surface area contributed by atoms with Gasteiger partial charge in [-0.2, -0.15) is 29.8 Å². The van der Waals surface area contributed by atoms with Gasteiger partial charge in [0, 0.05) is 0 Å². The predicted molar refractivity (Wildman–Crippen MR) is 144 cm³/mol. The van der Waals surface area contributed by atoms with Crippen molar-refractivity contribution in [3.63, 3.8) is 0 Å². The summed E-state index contributed by atoms with van der Waals surface area (Å²) in [6, 6.07) is 25.5. The van der Waals surface area contributed by atoms with Crippen molar-refractivity contribution in [2.24, 2.45) is 0 Å². The van der Waals surface area contributed by atoms with E-state index in [1.807, 2.05) is 18.2 Å². The monoisotopic (exact) mass is 522 g/mol. The van der Waals surface area contributed by atoms with Crippen LogP contribution in [0.1, 0.15) is 75.8 Å². The van der Waals surface area contributed by atoms with Crippen LogP contribution in [0.4, 0.5) is 0 Å². The molecule has 0 nitrogen and oxygen atoms in total. The number of hydrogen-bond acceptors (Lipinski definition) is 0. The first kappa shape index (κ1) is 26.5. The Kier molecular flexibility index (Phi) is 9.00. The Hall–Kier alpha value is -2.11. The van der Waals surface area contributed by atoms with Crippen molar-refractivity contribution in [2.45, 2.75) is 65.2 Å². The predicted octanol–water partition coefficient (Wildman–Crippen LogP) is 8.34. The number of hydrogen-bond donors (Lipinski definition) is 0. The van der Waals surface area contributed by atoms with Gasteiger partial charge in [-0.1, -0.05) is 65.3 Å². The van der Waals surface area contributed by atoms with E-state index in [9.17, 15) is 0 Å². The van der Waals surface area contributed by atoms with Gasteiger partial charge in [0.2, 0.25) is 0 Å². The van der Waals surface area contributed by atoms with E-state index >= 15 is 0 Å². The third-order valence-corrected chi connectivity index (χ3v) is 6.84. The maximum absolute atomic E-state index is 3.67. The van der Waals surface area contributed by atoms with E-state index in [0.29, 0.717) is 0 Å². The van der Waals surface area contributed by atoms with Crippen LogP contribution < -0.4 is 0 Å². The zero-order chi connectivity index (χ0) is 24.8. The van der Waals surface area contributed by atoms with E-state index in [4.69, 9.17) is 0 Å². The second-order valence-electron chi connectivity index (χ2n) is 10.9. The van der Waals surface area contributed by atoms with E-state index < -0.39 is 0 Å². The number of rotatable bonds is 1. The van der Waals surface area contributed by atoms with Crippen molar-refractivity contribution < 1.29 is 24.2 Å². The van der Waals surface area contributed by atoms with Gasteiger partial charge in [-0.05, 0) is 28.4 Å². The zero-order valence-corrected chi connectivity index (χ0v) is 24.0. The molecule has 0 bridgehead atoms. The molecule has 0 spiro atoms. The summed E-state index contributed by atoms with van der Waals surface area (Å²) in [6.45, 7) is 13.6. The van der Waals surface area contributed by atoms with Crippen LogP contribution in [0.25, 0.3) is 11.1 Å². The van der Waals surface area contributed by atoms with Crippen molar-refractivity contribution in [1.82, 2.24) is 0 Å². The summed E-state index contributed by atoms with van der Waals surface area (Å²) in [5.74, 6) is 0. The fourth-order valence-corrected chi connectivity index (χ4v) is 4.39. The van der Waals surface area contributed by atoms with E-state index in [1.165, 1.54) is 63.2 Å². The molecule has 3 aromatic rings.